The Labute approximate surface area is 154 Å². The maximum absolute atomic E-state index is 12.2. The molecule has 0 saturated heterocycles. The minimum Gasteiger partial charge on any atom is -0.350 e. The minimum atomic E-state index is -0.417. The van der Waals surface area contributed by atoms with Crippen molar-refractivity contribution in [1.82, 2.24) is 15.2 Å². The lowest BCUT2D eigenvalue weighted by molar-refractivity contribution is -0.385. The van der Waals surface area contributed by atoms with Gasteiger partial charge in [-0.15, -0.1) is 0 Å². The van der Waals surface area contributed by atoms with Crippen LogP contribution in [0.5, 0.6) is 0 Å². The van der Waals surface area contributed by atoms with Crippen molar-refractivity contribution in [3.8, 4) is 11.3 Å². The van der Waals surface area contributed by atoms with Crippen LogP contribution in [0.1, 0.15) is 5.56 Å². The second-order valence-electron chi connectivity index (χ2n) is 5.67. The number of nitrogens with one attached hydrogen (secondary N) is 2. The van der Waals surface area contributed by atoms with Crippen molar-refractivity contribution in [2.24, 2.45) is 0 Å². The van der Waals surface area contributed by atoms with E-state index in [1.54, 1.807) is 19.1 Å². The van der Waals surface area contributed by atoms with Crippen LogP contribution in [0.3, 0.4) is 0 Å². The van der Waals surface area contributed by atoms with Crippen LogP contribution >= 0.6 is 22.6 Å². The molecule has 25 heavy (non-hydrogen) atoms. The Balaban J connectivity index is 2.15. The summed E-state index contributed by atoms with van der Waals surface area (Å²) in [5.74, 6) is 0. The summed E-state index contributed by atoms with van der Waals surface area (Å²) >= 11 is 2.20. The highest BCUT2D eigenvalue weighted by atomic mass is 127. The van der Waals surface area contributed by atoms with Crippen LogP contribution in [0.4, 0.5) is 5.69 Å². The zero-order valence-corrected chi connectivity index (χ0v) is 15.1. The van der Waals surface area contributed by atoms with Crippen molar-refractivity contribution in [2.75, 3.05) is 0 Å². The predicted octanol–water partition coefficient (Wildman–Crippen LogP) is 3.89. The Kier molecular flexibility index (Phi) is 3.57. The van der Waals surface area contributed by atoms with Crippen molar-refractivity contribution >= 4 is 50.1 Å². The molecule has 0 amide bonds. The van der Waals surface area contributed by atoms with Gasteiger partial charge in [-0.1, -0.05) is 18.2 Å². The van der Waals surface area contributed by atoms with Crippen molar-refractivity contribution in [3.05, 3.63) is 66.0 Å². The van der Waals surface area contributed by atoms with Crippen LogP contribution in [-0.4, -0.2) is 20.1 Å². The summed E-state index contributed by atoms with van der Waals surface area (Å²) in [6.45, 7) is 1.68. The van der Waals surface area contributed by atoms with Gasteiger partial charge < -0.3 is 4.98 Å². The van der Waals surface area contributed by atoms with Crippen LogP contribution in [-0.2, 0) is 0 Å². The van der Waals surface area contributed by atoms with Gasteiger partial charge in [-0.25, -0.2) is 5.10 Å². The number of nitro benzene ring substituents is 1. The zero-order valence-electron chi connectivity index (χ0n) is 13.0. The normalized spacial score (nSPS) is 11.3. The molecule has 7 nitrogen and oxygen atoms in total. The van der Waals surface area contributed by atoms with E-state index in [-0.39, 0.29) is 11.2 Å². The van der Waals surface area contributed by atoms with Gasteiger partial charge in [0.1, 0.15) is 11.2 Å². The molecule has 0 aliphatic rings. The van der Waals surface area contributed by atoms with E-state index in [1.165, 1.54) is 6.07 Å². The SMILES string of the molecule is Cc1c(-c2n[nH]c(=O)c3[nH]c4cc(I)ccc4c23)cccc1[N+](=O)[O-]. The van der Waals surface area contributed by atoms with Gasteiger partial charge in [-0.2, -0.15) is 5.10 Å². The first-order valence-electron chi connectivity index (χ1n) is 7.41. The number of aromatic amines is 2. The molecule has 2 heterocycles. The molecular formula is C17H11IN4O3. The topological polar surface area (TPSA) is 105 Å². The quantitative estimate of drug-likeness (QED) is 0.277. The lowest BCUT2D eigenvalue weighted by Crippen LogP contribution is -2.09. The van der Waals surface area contributed by atoms with Crippen LogP contribution in [0.2, 0.25) is 0 Å². The molecule has 4 rings (SSSR count). The van der Waals surface area contributed by atoms with Gasteiger partial charge in [-0.05, 0) is 41.6 Å². The summed E-state index contributed by atoms with van der Waals surface area (Å²) in [7, 11) is 0. The monoisotopic (exact) mass is 446 g/mol. The maximum atomic E-state index is 12.2. The van der Waals surface area contributed by atoms with E-state index in [9.17, 15) is 14.9 Å². The standard InChI is InChI=1S/C17H11IN4O3/c1-8-10(3-2-4-13(8)22(24)25)15-14-11-6-5-9(18)7-12(11)19-16(14)17(23)21-20-15/h2-7,19H,1H3,(H,21,23). The molecule has 0 fully saturated rings. The minimum absolute atomic E-state index is 0.0213. The van der Waals surface area contributed by atoms with Gasteiger partial charge in [0.05, 0.1) is 4.92 Å². The second kappa shape index (κ2) is 5.66. The van der Waals surface area contributed by atoms with Crippen molar-refractivity contribution < 1.29 is 4.92 Å². The molecule has 2 aromatic heterocycles. The Hall–Kier alpha value is -2.75. The number of aromatic nitrogens is 3. The fourth-order valence-electron chi connectivity index (χ4n) is 3.08. The molecule has 0 spiro atoms. The number of rotatable bonds is 2. The largest absolute Gasteiger partial charge is 0.350 e. The van der Waals surface area contributed by atoms with E-state index in [2.05, 4.69) is 37.8 Å². The highest BCUT2D eigenvalue weighted by Gasteiger charge is 2.20. The number of benzene rings is 2. The molecule has 0 saturated carbocycles. The Morgan fingerprint density at radius 2 is 2.04 bits per heavy atom. The third-order valence-electron chi connectivity index (χ3n) is 4.25. The van der Waals surface area contributed by atoms with Crippen LogP contribution < -0.4 is 5.56 Å². The van der Waals surface area contributed by atoms with E-state index in [0.717, 1.165) is 14.5 Å². The molecule has 0 bridgehead atoms. The fraction of sp³-hybridized carbons (Fsp3) is 0.0588. The Morgan fingerprint density at radius 3 is 2.80 bits per heavy atom. The molecule has 2 N–H and O–H groups in total. The number of nitrogens with zero attached hydrogens (tertiary/aromatic N) is 2. The summed E-state index contributed by atoms with van der Waals surface area (Å²) in [4.78, 5) is 26.2. The first kappa shape index (κ1) is 15.8. The zero-order chi connectivity index (χ0) is 17.7. The van der Waals surface area contributed by atoms with Gasteiger partial charge in [0.25, 0.3) is 11.2 Å². The summed E-state index contributed by atoms with van der Waals surface area (Å²) in [5.41, 5.74) is 2.57. The van der Waals surface area contributed by atoms with Gasteiger partial charge in [-0.3, -0.25) is 14.9 Å². The molecule has 0 aliphatic carbocycles. The molecular weight excluding hydrogens is 435 g/mol. The molecule has 124 valence electrons. The highest BCUT2D eigenvalue weighted by Crippen LogP contribution is 2.35. The summed E-state index contributed by atoms with van der Waals surface area (Å²) < 4.78 is 1.04. The molecule has 0 atom stereocenters. The van der Waals surface area contributed by atoms with E-state index >= 15 is 0 Å². The average molecular weight is 446 g/mol. The number of H-pyrrole nitrogens is 2. The number of nitro groups is 1. The van der Waals surface area contributed by atoms with Crippen molar-refractivity contribution in [3.63, 3.8) is 0 Å². The molecule has 8 heteroatoms. The van der Waals surface area contributed by atoms with E-state index in [0.29, 0.717) is 27.7 Å². The predicted molar refractivity (Wildman–Crippen MR) is 104 cm³/mol. The van der Waals surface area contributed by atoms with Gasteiger partial charge >= 0.3 is 0 Å². The van der Waals surface area contributed by atoms with Gasteiger partial charge in [0, 0.05) is 37.1 Å². The Bertz CT molecular complexity index is 1230. The highest BCUT2D eigenvalue weighted by molar-refractivity contribution is 14.1. The second-order valence-corrected chi connectivity index (χ2v) is 6.92. The lowest BCUT2D eigenvalue weighted by atomic mass is 10.00. The number of fused-ring (bicyclic) bond motifs is 3. The van der Waals surface area contributed by atoms with E-state index in [1.807, 2.05) is 18.2 Å². The maximum Gasteiger partial charge on any atom is 0.288 e. The number of hydrogen-bond acceptors (Lipinski definition) is 4. The molecule has 0 unspecified atom stereocenters. The smallest absolute Gasteiger partial charge is 0.288 e. The van der Waals surface area contributed by atoms with Gasteiger partial charge in [0.2, 0.25) is 0 Å². The first-order valence-corrected chi connectivity index (χ1v) is 8.49. The number of halogens is 1. The summed E-state index contributed by atoms with van der Waals surface area (Å²) in [6.07, 6.45) is 0. The molecule has 0 radical (unpaired) electrons. The van der Waals surface area contributed by atoms with Crippen molar-refractivity contribution in [1.29, 1.82) is 0 Å². The molecule has 2 aromatic carbocycles. The van der Waals surface area contributed by atoms with Crippen LogP contribution in [0.15, 0.2) is 41.2 Å². The summed E-state index contributed by atoms with van der Waals surface area (Å²) in [6, 6.07) is 10.7. The summed E-state index contributed by atoms with van der Waals surface area (Å²) in [5, 5.41) is 19.5. The van der Waals surface area contributed by atoms with E-state index in [4.69, 9.17) is 0 Å². The van der Waals surface area contributed by atoms with Gasteiger partial charge in [0.15, 0.2) is 0 Å². The molecule has 4 aromatic rings. The van der Waals surface area contributed by atoms with Crippen LogP contribution in [0.25, 0.3) is 33.1 Å². The number of hydrogen-bond donors (Lipinski definition) is 2. The van der Waals surface area contributed by atoms with Crippen molar-refractivity contribution in [2.45, 2.75) is 6.92 Å². The fourth-order valence-corrected chi connectivity index (χ4v) is 3.57. The lowest BCUT2D eigenvalue weighted by Gasteiger charge is -2.07. The molecule has 0 aliphatic heterocycles. The Morgan fingerprint density at radius 1 is 1.24 bits per heavy atom. The first-order chi connectivity index (χ1) is 12.0. The average Bonchev–Trinajstić information content (AvgIpc) is 2.95. The third kappa shape index (κ3) is 2.40. The van der Waals surface area contributed by atoms with E-state index < -0.39 is 4.92 Å². The third-order valence-corrected chi connectivity index (χ3v) is 4.92. The van der Waals surface area contributed by atoms with Crippen LogP contribution in [0, 0.1) is 20.6 Å².